The molecule has 0 radical (unpaired) electrons. The molecule has 0 saturated heterocycles. The second-order valence-electron chi connectivity index (χ2n) is 21.4. The largest absolute Gasteiger partial charge is 0.466 e. The molecule has 69 heavy (non-hydrogen) atoms. The minimum absolute atomic E-state index is 0.00629. The van der Waals surface area contributed by atoms with Gasteiger partial charge in [-0.3, -0.25) is 9.59 Å². The van der Waals surface area contributed by atoms with Crippen molar-refractivity contribution in [3.05, 3.63) is 24.3 Å². The Morgan fingerprint density at radius 2 is 0.725 bits per heavy atom. The standard InChI is InChI=1S/C63H121NO5/c1-3-5-7-9-11-13-15-17-18-19-27-30-33-37-41-45-49-53-57-63(68)69-58-54-50-46-42-38-34-31-28-25-23-21-20-22-24-26-29-32-36-40-44-48-52-56-62(67)64-60(59-65)61(66)55-51-47-43-39-35-16-14-12-10-8-6-4-2/h13,15,18-19,60-61,65-66H,3-12,14,16-17,20-59H2,1-2H3,(H,64,67)/b15-13-,19-18-. The second kappa shape index (κ2) is 58.9. The third kappa shape index (κ3) is 55.5. The molecule has 0 heterocycles. The van der Waals surface area contributed by atoms with Gasteiger partial charge in [0.15, 0.2) is 0 Å². The molecule has 0 spiro atoms. The number of hydrogen-bond acceptors (Lipinski definition) is 5. The Labute approximate surface area is 431 Å². The maximum Gasteiger partial charge on any atom is 0.305 e. The van der Waals surface area contributed by atoms with Crippen LogP contribution >= 0.6 is 0 Å². The lowest BCUT2D eigenvalue weighted by Gasteiger charge is -2.22. The number of unbranched alkanes of at least 4 members (excludes halogenated alkanes) is 43. The molecule has 6 heteroatoms. The van der Waals surface area contributed by atoms with E-state index in [4.69, 9.17) is 4.74 Å². The van der Waals surface area contributed by atoms with Crippen LogP contribution < -0.4 is 5.32 Å². The van der Waals surface area contributed by atoms with Gasteiger partial charge in [0, 0.05) is 12.8 Å². The van der Waals surface area contributed by atoms with Crippen LogP contribution in [-0.2, 0) is 14.3 Å². The first-order valence-corrected chi connectivity index (χ1v) is 31.1. The number of aliphatic hydroxyl groups excluding tert-OH is 2. The molecule has 0 aliphatic heterocycles. The Hall–Kier alpha value is -1.66. The number of aliphatic hydroxyl groups is 2. The fourth-order valence-corrected chi connectivity index (χ4v) is 9.73. The van der Waals surface area contributed by atoms with Gasteiger partial charge in [-0.25, -0.2) is 0 Å². The van der Waals surface area contributed by atoms with Crippen molar-refractivity contribution in [1.29, 1.82) is 0 Å². The zero-order valence-corrected chi connectivity index (χ0v) is 46.6. The van der Waals surface area contributed by atoms with Gasteiger partial charge in [-0.2, -0.15) is 0 Å². The minimum atomic E-state index is -0.663. The number of carbonyl (C=O) groups excluding carboxylic acids is 2. The Morgan fingerprint density at radius 1 is 0.406 bits per heavy atom. The number of nitrogens with one attached hydrogen (secondary N) is 1. The molecular weight excluding hydrogens is 851 g/mol. The van der Waals surface area contributed by atoms with Gasteiger partial charge in [0.25, 0.3) is 0 Å². The Morgan fingerprint density at radius 3 is 1.12 bits per heavy atom. The summed E-state index contributed by atoms with van der Waals surface area (Å²) in [6.07, 6.45) is 71.9. The molecule has 0 fully saturated rings. The van der Waals surface area contributed by atoms with Crippen LogP contribution in [0, 0.1) is 0 Å². The summed E-state index contributed by atoms with van der Waals surface area (Å²) in [6.45, 7) is 4.94. The zero-order chi connectivity index (χ0) is 50.0. The molecule has 2 atom stereocenters. The van der Waals surface area contributed by atoms with Crippen molar-refractivity contribution in [2.75, 3.05) is 13.2 Å². The number of hydrogen-bond donors (Lipinski definition) is 3. The second-order valence-corrected chi connectivity index (χ2v) is 21.4. The Balaban J connectivity index is 3.36. The molecule has 0 aromatic rings. The molecule has 408 valence electrons. The summed E-state index contributed by atoms with van der Waals surface area (Å²) in [5.74, 6) is -0.0283. The number of amides is 1. The molecule has 2 unspecified atom stereocenters. The lowest BCUT2D eigenvalue weighted by atomic mass is 10.0. The van der Waals surface area contributed by atoms with E-state index in [1.807, 2.05) is 0 Å². The van der Waals surface area contributed by atoms with Crippen molar-refractivity contribution in [2.45, 2.75) is 353 Å². The van der Waals surface area contributed by atoms with Crippen molar-refractivity contribution >= 4 is 11.9 Å². The summed E-state index contributed by atoms with van der Waals surface area (Å²) in [5, 5.41) is 23.2. The third-order valence-electron chi connectivity index (χ3n) is 14.5. The predicted octanol–water partition coefficient (Wildman–Crippen LogP) is 19.4. The van der Waals surface area contributed by atoms with Crippen LogP contribution in [-0.4, -0.2) is 47.4 Å². The average molecular weight is 973 g/mol. The summed E-state index contributed by atoms with van der Waals surface area (Å²) in [6, 6.07) is -0.540. The van der Waals surface area contributed by atoms with E-state index in [1.54, 1.807) is 0 Å². The molecule has 0 aromatic carbocycles. The summed E-state index contributed by atoms with van der Waals surface area (Å²) >= 11 is 0. The molecule has 0 saturated carbocycles. The molecular formula is C63H121NO5. The zero-order valence-electron chi connectivity index (χ0n) is 46.6. The van der Waals surface area contributed by atoms with Gasteiger partial charge >= 0.3 is 5.97 Å². The van der Waals surface area contributed by atoms with Crippen molar-refractivity contribution in [3.63, 3.8) is 0 Å². The number of allylic oxidation sites excluding steroid dienone is 4. The molecule has 1 amide bonds. The number of ether oxygens (including phenoxy) is 1. The van der Waals surface area contributed by atoms with Gasteiger partial charge in [-0.1, -0.05) is 295 Å². The quantitative estimate of drug-likeness (QED) is 0.0321. The number of esters is 1. The number of carbonyl (C=O) groups is 2. The van der Waals surface area contributed by atoms with E-state index in [0.717, 1.165) is 51.4 Å². The van der Waals surface area contributed by atoms with Crippen LogP contribution in [0.2, 0.25) is 0 Å². The summed E-state index contributed by atoms with van der Waals surface area (Å²) in [5.41, 5.74) is 0. The van der Waals surface area contributed by atoms with Crippen molar-refractivity contribution < 1.29 is 24.5 Å². The highest BCUT2D eigenvalue weighted by Crippen LogP contribution is 2.18. The third-order valence-corrected chi connectivity index (χ3v) is 14.5. The van der Waals surface area contributed by atoms with E-state index in [1.165, 1.54) is 257 Å². The van der Waals surface area contributed by atoms with Crippen LogP contribution in [0.4, 0.5) is 0 Å². The fraction of sp³-hybridized carbons (Fsp3) is 0.905. The lowest BCUT2D eigenvalue weighted by molar-refractivity contribution is -0.143. The van der Waals surface area contributed by atoms with Crippen LogP contribution in [0.25, 0.3) is 0 Å². The van der Waals surface area contributed by atoms with Gasteiger partial charge in [0.1, 0.15) is 0 Å². The SMILES string of the molecule is CCCCCC/C=C\C/C=C\CCCCCCCCCC(=O)OCCCCCCCCCCCCCCCCCCCCCCCCC(=O)NC(CO)C(O)CCCCCCCCCCCCCC. The van der Waals surface area contributed by atoms with Crippen LogP contribution in [0.1, 0.15) is 341 Å². The van der Waals surface area contributed by atoms with Crippen molar-refractivity contribution in [3.8, 4) is 0 Å². The highest BCUT2D eigenvalue weighted by Gasteiger charge is 2.20. The normalized spacial score (nSPS) is 12.7. The molecule has 0 aliphatic rings. The maximum absolute atomic E-state index is 12.5. The van der Waals surface area contributed by atoms with Crippen LogP contribution in [0.3, 0.4) is 0 Å². The van der Waals surface area contributed by atoms with E-state index >= 15 is 0 Å². The first-order chi connectivity index (χ1) is 34.0. The maximum atomic E-state index is 12.5. The van der Waals surface area contributed by atoms with Crippen molar-refractivity contribution in [2.24, 2.45) is 0 Å². The topological polar surface area (TPSA) is 95.9 Å². The van der Waals surface area contributed by atoms with E-state index in [2.05, 4.69) is 43.5 Å². The van der Waals surface area contributed by atoms with Crippen LogP contribution in [0.5, 0.6) is 0 Å². The highest BCUT2D eigenvalue weighted by molar-refractivity contribution is 5.76. The van der Waals surface area contributed by atoms with Gasteiger partial charge in [0.05, 0.1) is 25.4 Å². The smallest absolute Gasteiger partial charge is 0.305 e. The van der Waals surface area contributed by atoms with E-state index in [9.17, 15) is 19.8 Å². The van der Waals surface area contributed by atoms with Gasteiger partial charge in [-0.15, -0.1) is 0 Å². The summed E-state index contributed by atoms with van der Waals surface area (Å²) < 4.78 is 5.49. The Kier molecular flexibility index (Phi) is 57.5. The van der Waals surface area contributed by atoms with E-state index < -0.39 is 12.1 Å². The minimum Gasteiger partial charge on any atom is -0.466 e. The summed E-state index contributed by atoms with van der Waals surface area (Å²) in [7, 11) is 0. The Bertz CT molecular complexity index is 1080. The first-order valence-electron chi connectivity index (χ1n) is 31.1. The molecule has 0 aromatic heterocycles. The molecule has 3 N–H and O–H groups in total. The highest BCUT2D eigenvalue weighted by atomic mass is 16.5. The van der Waals surface area contributed by atoms with E-state index in [0.29, 0.717) is 25.9 Å². The fourth-order valence-electron chi connectivity index (χ4n) is 9.73. The molecule has 6 nitrogen and oxygen atoms in total. The predicted molar refractivity (Wildman–Crippen MR) is 301 cm³/mol. The number of rotatable bonds is 58. The average Bonchev–Trinajstić information content (AvgIpc) is 3.35. The van der Waals surface area contributed by atoms with Crippen molar-refractivity contribution in [1.82, 2.24) is 5.32 Å². The lowest BCUT2D eigenvalue weighted by Crippen LogP contribution is -2.45. The molecule has 0 bridgehead atoms. The van der Waals surface area contributed by atoms with Crippen LogP contribution in [0.15, 0.2) is 24.3 Å². The van der Waals surface area contributed by atoms with Gasteiger partial charge in [0.2, 0.25) is 5.91 Å². The first kappa shape index (κ1) is 67.3. The van der Waals surface area contributed by atoms with Gasteiger partial charge < -0.3 is 20.3 Å². The van der Waals surface area contributed by atoms with E-state index in [-0.39, 0.29) is 18.5 Å². The monoisotopic (exact) mass is 972 g/mol. The summed E-state index contributed by atoms with van der Waals surface area (Å²) in [4.78, 5) is 24.5. The van der Waals surface area contributed by atoms with Gasteiger partial charge in [-0.05, 0) is 57.8 Å². The molecule has 0 aliphatic carbocycles. The molecule has 0 rings (SSSR count).